The van der Waals surface area contributed by atoms with Crippen LogP contribution in [-0.4, -0.2) is 19.2 Å². The Hall–Kier alpha value is -2.15. The van der Waals surface area contributed by atoms with Crippen molar-refractivity contribution in [2.45, 2.75) is 6.54 Å². The van der Waals surface area contributed by atoms with Crippen molar-refractivity contribution in [3.63, 3.8) is 0 Å². The van der Waals surface area contributed by atoms with Crippen molar-refractivity contribution in [2.75, 3.05) is 5.73 Å². The molecule has 0 aliphatic carbocycles. The van der Waals surface area contributed by atoms with E-state index in [9.17, 15) is 4.79 Å². The SMILES string of the molecule is Nc1nc(Cn2nc3ccccn3c2=O)cs1. The van der Waals surface area contributed by atoms with E-state index < -0.39 is 0 Å². The Labute approximate surface area is 100.0 Å². The van der Waals surface area contributed by atoms with Crippen molar-refractivity contribution >= 4 is 22.1 Å². The minimum Gasteiger partial charge on any atom is -0.375 e. The number of nitrogens with zero attached hydrogens (tertiary/aromatic N) is 4. The number of pyridine rings is 1. The molecule has 3 aromatic rings. The van der Waals surface area contributed by atoms with Gasteiger partial charge >= 0.3 is 5.69 Å². The maximum Gasteiger partial charge on any atom is 0.350 e. The number of anilines is 1. The van der Waals surface area contributed by atoms with E-state index in [2.05, 4.69) is 10.1 Å². The molecule has 0 spiro atoms. The summed E-state index contributed by atoms with van der Waals surface area (Å²) < 4.78 is 2.87. The van der Waals surface area contributed by atoms with Gasteiger partial charge in [0.1, 0.15) is 0 Å². The van der Waals surface area contributed by atoms with Crippen molar-refractivity contribution in [3.8, 4) is 0 Å². The van der Waals surface area contributed by atoms with E-state index in [1.165, 1.54) is 20.4 Å². The van der Waals surface area contributed by atoms with E-state index in [1.807, 2.05) is 11.4 Å². The largest absolute Gasteiger partial charge is 0.375 e. The monoisotopic (exact) mass is 247 g/mol. The van der Waals surface area contributed by atoms with Gasteiger partial charge < -0.3 is 5.73 Å². The normalized spacial score (nSPS) is 11.1. The summed E-state index contributed by atoms with van der Waals surface area (Å²) in [5.74, 6) is 0. The molecule has 0 radical (unpaired) electrons. The number of nitrogens with two attached hydrogens (primary N) is 1. The minimum atomic E-state index is -0.174. The van der Waals surface area contributed by atoms with Gasteiger partial charge in [-0.3, -0.25) is 4.40 Å². The van der Waals surface area contributed by atoms with E-state index in [-0.39, 0.29) is 5.69 Å². The van der Waals surface area contributed by atoms with Crippen LogP contribution < -0.4 is 11.4 Å². The zero-order valence-corrected chi connectivity index (χ0v) is 9.59. The molecule has 0 aliphatic heterocycles. The molecule has 0 bridgehead atoms. The third kappa shape index (κ3) is 1.70. The highest BCUT2D eigenvalue weighted by atomic mass is 32.1. The van der Waals surface area contributed by atoms with Gasteiger partial charge in [-0.2, -0.15) is 0 Å². The average Bonchev–Trinajstić information content (AvgIpc) is 2.86. The summed E-state index contributed by atoms with van der Waals surface area (Å²) in [4.78, 5) is 16.1. The van der Waals surface area contributed by atoms with Crippen LogP contribution in [0.3, 0.4) is 0 Å². The lowest BCUT2D eigenvalue weighted by Crippen LogP contribution is -2.21. The van der Waals surface area contributed by atoms with Gasteiger partial charge in [0.05, 0.1) is 12.2 Å². The second-order valence-corrected chi connectivity index (χ2v) is 4.44. The maximum atomic E-state index is 11.9. The summed E-state index contributed by atoms with van der Waals surface area (Å²) in [6.07, 6.45) is 1.69. The van der Waals surface area contributed by atoms with Crippen LogP contribution in [0, 0.1) is 0 Å². The van der Waals surface area contributed by atoms with Crippen LogP contribution in [0.4, 0.5) is 5.13 Å². The van der Waals surface area contributed by atoms with Gasteiger partial charge in [-0.05, 0) is 12.1 Å². The van der Waals surface area contributed by atoms with Crippen LogP contribution in [0.5, 0.6) is 0 Å². The standard InChI is InChI=1S/C10H9N5OS/c11-9-12-7(6-17-9)5-15-10(16)14-4-2-1-3-8(14)13-15/h1-4,6H,5H2,(H2,11,12). The molecule has 0 fully saturated rings. The van der Waals surface area contributed by atoms with Gasteiger partial charge in [0.2, 0.25) is 0 Å². The quantitative estimate of drug-likeness (QED) is 0.718. The molecular formula is C10H9N5OS. The predicted octanol–water partition coefficient (Wildman–Crippen LogP) is 0.583. The fraction of sp³-hybridized carbons (Fsp3) is 0.100. The highest BCUT2D eigenvalue weighted by Crippen LogP contribution is 2.11. The van der Waals surface area contributed by atoms with Gasteiger partial charge in [0.25, 0.3) is 0 Å². The number of hydrogen-bond donors (Lipinski definition) is 1. The van der Waals surface area contributed by atoms with Gasteiger partial charge in [-0.1, -0.05) is 6.07 Å². The van der Waals surface area contributed by atoms with E-state index >= 15 is 0 Å². The molecule has 3 rings (SSSR count). The van der Waals surface area contributed by atoms with Crippen molar-refractivity contribution in [3.05, 3.63) is 46.0 Å². The summed E-state index contributed by atoms with van der Waals surface area (Å²) in [6.45, 7) is 0.341. The third-order valence-electron chi connectivity index (χ3n) is 2.37. The van der Waals surface area contributed by atoms with Crippen molar-refractivity contribution in [1.29, 1.82) is 0 Å². The minimum absolute atomic E-state index is 0.174. The molecule has 17 heavy (non-hydrogen) atoms. The van der Waals surface area contributed by atoms with Gasteiger partial charge in [0.15, 0.2) is 10.8 Å². The topological polar surface area (TPSA) is 78.2 Å². The van der Waals surface area contributed by atoms with E-state index in [1.54, 1.807) is 18.3 Å². The van der Waals surface area contributed by atoms with Crippen molar-refractivity contribution in [2.24, 2.45) is 0 Å². The lowest BCUT2D eigenvalue weighted by Gasteiger charge is -1.93. The zero-order chi connectivity index (χ0) is 11.8. The molecule has 0 saturated carbocycles. The zero-order valence-electron chi connectivity index (χ0n) is 8.78. The lowest BCUT2D eigenvalue weighted by atomic mass is 10.5. The first-order valence-electron chi connectivity index (χ1n) is 4.98. The molecule has 0 aromatic carbocycles. The molecule has 6 nitrogen and oxygen atoms in total. The fourth-order valence-corrected chi connectivity index (χ4v) is 2.17. The Bertz CT molecular complexity index is 725. The highest BCUT2D eigenvalue weighted by Gasteiger charge is 2.07. The first-order chi connectivity index (χ1) is 8.24. The second-order valence-electron chi connectivity index (χ2n) is 3.55. The molecule has 0 aliphatic rings. The average molecular weight is 247 g/mol. The van der Waals surface area contributed by atoms with Crippen LogP contribution in [0.15, 0.2) is 34.6 Å². The molecule has 0 atom stereocenters. The Morgan fingerprint density at radius 3 is 3.00 bits per heavy atom. The summed E-state index contributed by atoms with van der Waals surface area (Å²) >= 11 is 1.35. The first-order valence-corrected chi connectivity index (χ1v) is 5.86. The highest BCUT2D eigenvalue weighted by molar-refractivity contribution is 7.13. The van der Waals surface area contributed by atoms with Crippen LogP contribution in [0.2, 0.25) is 0 Å². The van der Waals surface area contributed by atoms with Gasteiger partial charge in [-0.15, -0.1) is 16.4 Å². The number of thiazole rings is 1. The molecule has 7 heteroatoms. The van der Waals surface area contributed by atoms with Crippen LogP contribution in [0.25, 0.3) is 5.65 Å². The fourth-order valence-electron chi connectivity index (χ4n) is 1.62. The smallest absolute Gasteiger partial charge is 0.350 e. The molecule has 0 saturated heterocycles. The van der Waals surface area contributed by atoms with Crippen LogP contribution in [0.1, 0.15) is 5.69 Å². The summed E-state index contributed by atoms with van der Waals surface area (Å²) in [5.41, 5.74) is 6.74. The first kappa shape index (κ1) is 10.0. The number of hydrogen-bond acceptors (Lipinski definition) is 5. The number of nitrogen functional groups attached to an aromatic ring is 1. The molecule has 0 unspecified atom stereocenters. The summed E-state index contributed by atoms with van der Waals surface area (Å²) in [7, 11) is 0. The number of rotatable bonds is 2. The van der Waals surface area contributed by atoms with Crippen molar-refractivity contribution in [1.82, 2.24) is 19.2 Å². The molecule has 3 heterocycles. The van der Waals surface area contributed by atoms with Gasteiger partial charge in [0, 0.05) is 11.6 Å². The molecule has 86 valence electrons. The predicted molar refractivity (Wildman–Crippen MR) is 65.1 cm³/mol. The molecule has 0 amide bonds. The Morgan fingerprint density at radius 2 is 2.29 bits per heavy atom. The lowest BCUT2D eigenvalue weighted by molar-refractivity contribution is 0.649. The Kier molecular flexibility index (Phi) is 2.19. The summed E-state index contributed by atoms with van der Waals surface area (Å²) in [5, 5.41) is 6.53. The molecule has 3 aromatic heterocycles. The maximum absolute atomic E-state index is 11.9. The van der Waals surface area contributed by atoms with E-state index in [0.29, 0.717) is 17.3 Å². The number of fused-ring (bicyclic) bond motifs is 1. The van der Waals surface area contributed by atoms with Crippen LogP contribution in [-0.2, 0) is 6.54 Å². The van der Waals surface area contributed by atoms with Gasteiger partial charge in [-0.25, -0.2) is 14.5 Å². The molecular weight excluding hydrogens is 238 g/mol. The Morgan fingerprint density at radius 1 is 1.41 bits per heavy atom. The summed E-state index contributed by atoms with van der Waals surface area (Å²) in [6, 6.07) is 5.42. The Balaban J connectivity index is 2.06. The van der Waals surface area contributed by atoms with E-state index in [4.69, 9.17) is 5.73 Å². The van der Waals surface area contributed by atoms with Crippen molar-refractivity contribution < 1.29 is 0 Å². The number of aromatic nitrogens is 4. The van der Waals surface area contributed by atoms with Crippen LogP contribution >= 0.6 is 11.3 Å². The third-order valence-corrected chi connectivity index (χ3v) is 3.09. The second kappa shape index (κ2) is 3.70. The van der Waals surface area contributed by atoms with E-state index in [0.717, 1.165) is 5.69 Å². The molecule has 2 N–H and O–H groups in total.